The number of aromatic nitrogens is 2. The van der Waals surface area contributed by atoms with Crippen LogP contribution in [0.3, 0.4) is 0 Å². The number of nitrogens with one attached hydrogen (secondary N) is 1. The first-order valence-electron chi connectivity index (χ1n) is 7.55. The molecule has 1 rings (SSSR count). The SMILES string of the molecule is CCNC(CCCOCC)Cc1cc(C)nn1CC. The highest BCUT2D eigenvalue weighted by Gasteiger charge is 2.12. The first kappa shape index (κ1) is 16.2. The van der Waals surface area contributed by atoms with Crippen molar-refractivity contribution in [3.63, 3.8) is 0 Å². The smallest absolute Gasteiger partial charge is 0.0596 e. The minimum atomic E-state index is 0.520. The average Bonchev–Trinajstić information content (AvgIpc) is 2.75. The molecule has 1 aromatic rings. The molecular weight excluding hydrogens is 238 g/mol. The summed E-state index contributed by atoms with van der Waals surface area (Å²) in [4.78, 5) is 0. The fourth-order valence-corrected chi connectivity index (χ4v) is 2.43. The summed E-state index contributed by atoms with van der Waals surface area (Å²) in [5, 5.41) is 8.09. The number of nitrogens with zero attached hydrogens (tertiary/aromatic N) is 2. The monoisotopic (exact) mass is 267 g/mol. The lowest BCUT2D eigenvalue weighted by atomic mass is 10.1. The van der Waals surface area contributed by atoms with Crippen molar-refractivity contribution in [2.24, 2.45) is 0 Å². The van der Waals surface area contributed by atoms with Gasteiger partial charge in [0.15, 0.2) is 0 Å². The molecule has 1 unspecified atom stereocenters. The maximum Gasteiger partial charge on any atom is 0.0596 e. The second kappa shape index (κ2) is 9.10. The highest BCUT2D eigenvalue weighted by atomic mass is 16.5. The Kier molecular flexibility index (Phi) is 7.75. The second-order valence-electron chi connectivity index (χ2n) is 4.89. The van der Waals surface area contributed by atoms with Crippen LogP contribution in [0, 0.1) is 6.92 Å². The van der Waals surface area contributed by atoms with Crippen molar-refractivity contribution in [1.82, 2.24) is 15.1 Å². The molecule has 0 radical (unpaired) electrons. The number of ether oxygens (including phenoxy) is 1. The molecule has 1 N–H and O–H groups in total. The van der Waals surface area contributed by atoms with E-state index >= 15 is 0 Å². The van der Waals surface area contributed by atoms with Crippen molar-refractivity contribution in [2.45, 2.75) is 59.5 Å². The molecule has 0 aliphatic carbocycles. The summed E-state index contributed by atoms with van der Waals surface area (Å²) < 4.78 is 7.53. The standard InChI is InChI=1S/C15H29N3O/c1-5-16-14(9-8-10-19-7-3)12-15-11-13(4)17-18(15)6-2/h11,14,16H,5-10,12H2,1-4H3. The van der Waals surface area contributed by atoms with Crippen LogP contribution in [0.15, 0.2) is 6.07 Å². The Morgan fingerprint density at radius 3 is 2.79 bits per heavy atom. The van der Waals surface area contributed by atoms with Crippen LogP contribution < -0.4 is 5.32 Å². The lowest BCUT2D eigenvalue weighted by Crippen LogP contribution is -2.32. The zero-order valence-electron chi connectivity index (χ0n) is 12.9. The van der Waals surface area contributed by atoms with Gasteiger partial charge in [-0.3, -0.25) is 4.68 Å². The van der Waals surface area contributed by atoms with Gasteiger partial charge in [-0.25, -0.2) is 0 Å². The Bertz CT molecular complexity index is 349. The molecule has 0 aromatic carbocycles. The molecule has 0 aliphatic rings. The van der Waals surface area contributed by atoms with Crippen LogP contribution in [0.5, 0.6) is 0 Å². The van der Waals surface area contributed by atoms with E-state index in [4.69, 9.17) is 4.74 Å². The van der Waals surface area contributed by atoms with E-state index in [0.717, 1.165) is 51.3 Å². The quantitative estimate of drug-likeness (QED) is 0.662. The van der Waals surface area contributed by atoms with E-state index in [2.05, 4.69) is 41.9 Å². The van der Waals surface area contributed by atoms with Crippen LogP contribution in [0.1, 0.15) is 45.0 Å². The van der Waals surface area contributed by atoms with Gasteiger partial charge >= 0.3 is 0 Å². The van der Waals surface area contributed by atoms with E-state index in [-0.39, 0.29) is 0 Å². The van der Waals surface area contributed by atoms with E-state index < -0.39 is 0 Å². The highest BCUT2D eigenvalue weighted by Crippen LogP contribution is 2.10. The highest BCUT2D eigenvalue weighted by molar-refractivity contribution is 5.10. The summed E-state index contributed by atoms with van der Waals surface area (Å²) in [6, 6.07) is 2.72. The Morgan fingerprint density at radius 2 is 2.16 bits per heavy atom. The topological polar surface area (TPSA) is 39.1 Å². The van der Waals surface area contributed by atoms with Crippen LogP contribution >= 0.6 is 0 Å². The van der Waals surface area contributed by atoms with Gasteiger partial charge in [0.05, 0.1) is 5.69 Å². The minimum Gasteiger partial charge on any atom is -0.382 e. The van der Waals surface area contributed by atoms with Crippen molar-refractivity contribution in [3.8, 4) is 0 Å². The number of aryl methyl sites for hydroxylation is 2. The molecule has 0 saturated heterocycles. The van der Waals surface area contributed by atoms with Crippen molar-refractivity contribution >= 4 is 0 Å². The first-order chi connectivity index (χ1) is 9.21. The van der Waals surface area contributed by atoms with Crippen molar-refractivity contribution in [1.29, 1.82) is 0 Å². The second-order valence-corrected chi connectivity index (χ2v) is 4.89. The van der Waals surface area contributed by atoms with Crippen molar-refractivity contribution in [3.05, 3.63) is 17.5 Å². The third-order valence-corrected chi connectivity index (χ3v) is 3.28. The van der Waals surface area contributed by atoms with Gasteiger partial charge in [0.1, 0.15) is 0 Å². The zero-order chi connectivity index (χ0) is 14.1. The van der Waals surface area contributed by atoms with Crippen LogP contribution in [0.2, 0.25) is 0 Å². The third-order valence-electron chi connectivity index (χ3n) is 3.28. The molecule has 0 spiro atoms. The van der Waals surface area contributed by atoms with Crippen LogP contribution in [0.25, 0.3) is 0 Å². The Balaban J connectivity index is 2.51. The molecule has 1 atom stereocenters. The van der Waals surface area contributed by atoms with Gasteiger partial charge in [-0.05, 0) is 46.2 Å². The summed E-state index contributed by atoms with van der Waals surface area (Å²) in [7, 11) is 0. The van der Waals surface area contributed by atoms with Gasteiger partial charge in [-0.15, -0.1) is 0 Å². The lowest BCUT2D eigenvalue weighted by Gasteiger charge is -2.18. The van der Waals surface area contributed by atoms with Crippen LogP contribution in [-0.4, -0.2) is 35.6 Å². The van der Waals surface area contributed by atoms with Crippen molar-refractivity contribution in [2.75, 3.05) is 19.8 Å². The van der Waals surface area contributed by atoms with E-state index in [0.29, 0.717) is 6.04 Å². The van der Waals surface area contributed by atoms with E-state index in [1.54, 1.807) is 0 Å². The largest absolute Gasteiger partial charge is 0.382 e. The summed E-state index contributed by atoms with van der Waals surface area (Å²) in [5.74, 6) is 0. The van der Waals surface area contributed by atoms with Crippen molar-refractivity contribution < 1.29 is 4.74 Å². The minimum absolute atomic E-state index is 0.520. The maximum absolute atomic E-state index is 5.42. The van der Waals surface area contributed by atoms with Gasteiger partial charge in [-0.1, -0.05) is 6.92 Å². The first-order valence-corrected chi connectivity index (χ1v) is 7.55. The molecule has 0 saturated carbocycles. The number of likely N-dealkylation sites (N-methyl/N-ethyl adjacent to an activating group) is 1. The van der Waals surface area contributed by atoms with Gasteiger partial charge in [-0.2, -0.15) is 5.10 Å². The fraction of sp³-hybridized carbons (Fsp3) is 0.800. The number of hydrogen-bond donors (Lipinski definition) is 1. The van der Waals surface area contributed by atoms with Crippen LogP contribution in [0.4, 0.5) is 0 Å². The molecule has 110 valence electrons. The number of rotatable bonds is 10. The predicted molar refractivity (Wildman–Crippen MR) is 79.5 cm³/mol. The zero-order valence-corrected chi connectivity index (χ0v) is 12.9. The normalized spacial score (nSPS) is 12.8. The molecule has 4 nitrogen and oxygen atoms in total. The fourth-order valence-electron chi connectivity index (χ4n) is 2.43. The molecule has 4 heteroatoms. The molecule has 0 fully saturated rings. The molecule has 0 bridgehead atoms. The van der Waals surface area contributed by atoms with Gasteiger partial charge in [0.2, 0.25) is 0 Å². The molecule has 0 amide bonds. The number of hydrogen-bond acceptors (Lipinski definition) is 3. The average molecular weight is 267 g/mol. The van der Waals surface area contributed by atoms with E-state index in [1.165, 1.54) is 5.69 Å². The maximum atomic E-state index is 5.42. The Labute approximate surface area is 117 Å². The Morgan fingerprint density at radius 1 is 1.37 bits per heavy atom. The molecule has 0 aliphatic heterocycles. The molecule has 1 aromatic heterocycles. The summed E-state index contributed by atoms with van der Waals surface area (Å²) in [5.41, 5.74) is 2.45. The van der Waals surface area contributed by atoms with E-state index in [1.807, 2.05) is 6.92 Å². The Hall–Kier alpha value is -0.870. The van der Waals surface area contributed by atoms with Crippen LogP contribution in [-0.2, 0) is 17.7 Å². The molecular formula is C15H29N3O. The summed E-state index contributed by atoms with van der Waals surface area (Å²) in [6.07, 6.45) is 3.32. The summed E-state index contributed by atoms with van der Waals surface area (Å²) >= 11 is 0. The van der Waals surface area contributed by atoms with Gasteiger partial charge in [0, 0.05) is 37.9 Å². The van der Waals surface area contributed by atoms with E-state index in [9.17, 15) is 0 Å². The lowest BCUT2D eigenvalue weighted by molar-refractivity contribution is 0.140. The predicted octanol–water partition coefficient (Wildman–Crippen LogP) is 2.55. The van der Waals surface area contributed by atoms with Gasteiger partial charge in [0.25, 0.3) is 0 Å². The third kappa shape index (κ3) is 5.74. The molecule has 1 heterocycles. The molecule has 19 heavy (non-hydrogen) atoms. The van der Waals surface area contributed by atoms with Gasteiger partial charge < -0.3 is 10.1 Å². The summed E-state index contributed by atoms with van der Waals surface area (Å²) in [6.45, 7) is 12.1.